The topological polar surface area (TPSA) is 75.4 Å². The minimum absolute atomic E-state index is 0.00788. The van der Waals surface area contributed by atoms with Gasteiger partial charge in [0.05, 0.1) is 11.7 Å². The Balaban J connectivity index is 1.70. The van der Waals surface area contributed by atoms with Crippen molar-refractivity contribution in [2.45, 2.75) is 24.0 Å². The van der Waals surface area contributed by atoms with Gasteiger partial charge >= 0.3 is 0 Å². The summed E-state index contributed by atoms with van der Waals surface area (Å²) in [6, 6.07) is -0.505. The van der Waals surface area contributed by atoms with E-state index in [1.54, 1.807) is 6.33 Å². The van der Waals surface area contributed by atoms with Crippen LogP contribution >= 0.6 is 24.4 Å². The monoisotopic (exact) mass is 339 g/mol. The SMILES string of the molecule is CC1SCc2ncnc(N3CCN(C(=O)C(N)CS)CC3)c21. The Labute approximate surface area is 140 Å². The predicted molar refractivity (Wildman–Crippen MR) is 92.4 cm³/mol. The summed E-state index contributed by atoms with van der Waals surface area (Å²) in [4.78, 5) is 25.1. The Hall–Kier alpha value is -0.990. The highest BCUT2D eigenvalue weighted by atomic mass is 32.2. The minimum atomic E-state index is -0.505. The van der Waals surface area contributed by atoms with Crippen LogP contribution in [0.15, 0.2) is 6.33 Å². The molecule has 1 saturated heterocycles. The third-order valence-electron chi connectivity index (χ3n) is 4.23. The third-order valence-corrected chi connectivity index (χ3v) is 5.80. The number of thiol groups is 1. The number of nitrogens with two attached hydrogens (primary N) is 1. The first-order valence-corrected chi connectivity index (χ1v) is 9.15. The zero-order valence-corrected chi connectivity index (χ0v) is 14.3. The average molecular weight is 339 g/mol. The Morgan fingerprint density at radius 1 is 1.45 bits per heavy atom. The Kier molecular flexibility index (Phi) is 4.79. The summed E-state index contributed by atoms with van der Waals surface area (Å²) in [6.07, 6.45) is 1.65. The fourth-order valence-corrected chi connectivity index (χ4v) is 4.15. The second kappa shape index (κ2) is 6.64. The number of hydrogen-bond acceptors (Lipinski definition) is 7. The van der Waals surface area contributed by atoms with Crippen LogP contribution in [0.1, 0.15) is 23.4 Å². The number of fused-ring (bicyclic) bond motifs is 1. The van der Waals surface area contributed by atoms with Crippen LogP contribution in [0.3, 0.4) is 0 Å². The van der Waals surface area contributed by atoms with Gasteiger partial charge in [0, 0.05) is 48.5 Å². The second-order valence-corrected chi connectivity index (χ2v) is 7.31. The maximum atomic E-state index is 12.1. The number of thioether (sulfide) groups is 1. The van der Waals surface area contributed by atoms with E-state index in [1.165, 1.54) is 5.56 Å². The van der Waals surface area contributed by atoms with Gasteiger partial charge in [-0.3, -0.25) is 4.79 Å². The van der Waals surface area contributed by atoms with Crippen LogP contribution in [0.25, 0.3) is 0 Å². The van der Waals surface area contributed by atoms with Gasteiger partial charge in [-0.25, -0.2) is 9.97 Å². The number of aromatic nitrogens is 2. The first-order chi connectivity index (χ1) is 10.6. The molecular weight excluding hydrogens is 318 g/mol. The number of carbonyl (C=O) groups is 1. The number of piperazine rings is 1. The number of amides is 1. The van der Waals surface area contributed by atoms with E-state index < -0.39 is 6.04 Å². The van der Waals surface area contributed by atoms with Gasteiger partial charge in [0.25, 0.3) is 0 Å². The smallest absolute Gasteiger partial charge is 0.240 e. The van der Waals surface area contributed by atoms with E-state index in [0.717, 1.165) is 30.4 Å². The molecule has 2 aliphatic rings. The standard InChI is InChI=1S/C14H21N5OS2/c1-9-12-11(7-22-9)16-8-17-13(12)18-2-4-19(5-3-18)14(20)10(15)6-21/h8-10,21H,2-7,15H2,1H3. The van der Waals surface area contributed by atoms with Crippen molar-refractivity contribution in [2.24, 2.45) is 5.73 Å². The Bertz CT molecular complexity index is 562. The highest BCUT2D eigenvalue weighted by Crippen LogP contribution is 2.44. The van der Waals surface area contributed by atoms with E-state index in [9.17, 15) is 4.79 Å². The third kappa shape index (κ3) is 2.91. The molecule has 120 valence electrons. The first-order valence-electron chi connectivity index (χ1n) is 7.47. The predicted octanol–water partition coefficient (Wildman–Crippen LogP) is 0.690. The van der Waals surface area contributed by atoms with Crippen LogP contribution < -0.4 is 10.6 Å². The van der Waals surface area contributed by atoms with E-state index in [1.807, 2.05) is 16.7 Å². The molecule has 6 nitrogen and oxygen atoms in total. The number of anilines is 1. The zero-order valence-electron chi connectivity index (χ0n) is 12.6. The number of carbonyl (C=O) groups excluding carboxylic acids is 1. The lowest BCUT2D eigenvalue weighted by molar-refractivity contribution is -0.132. The van der Waals surface area contributed by atoms with Crippen molar-refractivity contribution in [3.05, 3.63) is 17.6 Å². The molecule has 0 spiro atoms. The van der Waals surface area contributed by atoms with Crippen molar-refractivity contribution < 1.29 is 4.79 Å². The van der Waals surface area contributed by atoms with Crippen molar-refractivity contribution in [1.29, 1.82) is 0 Å². The summed E-state index contributed by atoms with van der Waals surface area (Å²) >= 11 is 6.00. The van der Waals surface area contributed by atoms with Crippen molar-refractivity contribution >= 4 is 36.1 Å². The van der Waals surface area contributed by atoms with Gasteiger partial charge in [-0.05, 0) is 6.92 Å². The highest BCUT2D eigenvalue weighted by molar-refractivity contribution is 7.99. The minimum Gasteiger partial charge on any atom is -0.353 e. The van der Waals surface area contributed by atoms with Crippen molar-refractivity contribution in [3.8, 4) is 0 Å². The van der Waals surface area contributed by atoms with Gasteiger partial charge in [-0.15, -0.1) is 11.8 Å². The largest absolute Gasteiger partial charge is 0.353 e. The van der Waals surface area contributed by atoms with Crippen LogP contribution in [0.5, 0.6) is 0 Å². The summed E-state index contributed by atoms with van der Waals surface area (Å²) in [6.45, 7) is 5.13. The maximum absolute atomic E-state index is 12.1. The van der Waals surface area contributed by atoms with E-state index in [4.69, 9.17) is 5.73 Å². The summed E-state index contributed by atoms with van der Waals surface area (Å²) in [5.41, 5.74) is 8.19. The molecule has 3 rings (SSSR count). The second-order valence-electron chi connectivity index (χ2n) is 5.61. The van der Waals surface area contributed by atoms with Gasteiger partial charge in [0.2, 0.25) is 5.91 Å². The van der Waals surface area contributed by atoms with Gasteiger partial charge in [-0.1, -0.05) is 0 Å². The number of rotatable bonds is 3. The van der Waals surface area contributed by atoms with E-state index in [0.29, 0.717) is 24.1 Å². The van der Waals surface area contributed by atoms with Crippen LogP contribution in [0.2, 0.25) is 0 Å². The fourth-order valence-electron chi connectivity index (χ4n) is 2.94. The molecule has 2 atom stereocenters. The molecule has 0 aliphatic carbocycles. The molecule has 2 aliphatic heterocycles. The summed E-state index contributed by atoms with van der Waals surface area (Å²) < 4.78 is 0. The van der Waals surface area contributed by atoms with Crippen molar-refractivity contribution in [1.82, 2.24) is 14.9 Å². The molecule has 8 heteroatoms. The molecule has 0 saturated carbocycles. The van der Waals surface area contributed by atoms with Gasteiger partial charge < -0.3 is 15.5 Å². The van der Waals surface area contributed by atoms with Gasteiger partial charge in [0.15, 0.2) is 0 Å². The van der Waals surface area contributed by atoms with Crippen molar-refractivity contribution in [2.75, 3.05) is 36.8 Å². The molecule has 1 fully saturated rings. The molecule has 2 N–H and O–H groups in total. The van der Waals surface area contributed by atoms with Crippen LogP contribution in [-0.4, -0.2) is 58.7 Å². The molecule has 2 unspecified atom stereocenters. The first kappa shape index (κ1) is 15.9. The average Bonchev–Trinajstić information content (AvgIpc) is 2.95. The molecule has 0 radical (unpaired) electrons. The van der Waals surface area contributed by atoms with Crippen LogP contribution in [0, 0.1) is 0 Å². The van der Waals surface area contributed by atoms with Gasteiger partial charge in [-0.2, -0.15) is 12.6 Å². The van der Waals surface area contributed by atoms with E-state index >= 15 is 0 Å². The Morgan fingerprint density at radius 3 is 2.86 bits per heavy atom. The molecule has 1 aromatic rings. The molecule has 1 amide bonds. The zero-order chi connectivity index (χ0) is 15.7. The molecule has 0 aromatic carbocycles. The number of nitrogens with zero attached hydrogens (tertiary/aromatic N) is 4. The van der Waals surface area contributed by atoms with Crippen LogP contribution in [0.4, 0.5) is 5.82 Å². The van der Waals surface area contributed by atoms with Crippen molar-refractivity contribution in [3.63, 3.8) is 0 Å². The lowest BCUT2D eigenvalue weighted by Crippen LogP contribution is -2.54. The molecular formula is C14H21N5OS2. The number of hydrogen-bond donors (Lipinski definition) is 2. The quantitative estimate of drug-likeness (QED) is 0.789. The molecule has 3 heterocycles. The molecule has 1 aromatic heterocycles. The summed E-state index contributed by atoms with van der Waals surface area (Å²) in [5.74, 6) is 2.37. The Morgan fingerprint density at radius 2 is 2.18 bits per heavy atom. The summed E-state index contributed by atoms with van der Waals surface area (Å²) in [5, 5.41) is 0.434. The molecule has 0 bridgehead atoms. The summed E-state index contributed by atoms with van der Waals surface area (Å²) in [7, 11) is 0. The lowest BCUT2D eigenvalue weighted by atomic mass is 10.1. The molecule has 22 heavy (non-hydrogen) atoms. The fraction of sp³-hybridized carbons (Fsp3) is 0.643. The van der Waals surface area contributed by atoms with Gasteiger partial charge in [0.1, 0.15) is 12.1 Å². The maximum Gasteiger partial charge on any atom is 0.240 e. The lowest BCUT2D eigenvalue weighted by Gasteiger charge is -2.37. The van der Waals surface area contributed by atoms with Crippen LogP contribution in [-0.2, 0) is 10.5 Å². The highest BCUT2D eigenvalue weighted by Gasteiger charge is 2.30. The van der Waals surface area contributed by atoms with E-state index in [-0.39, 0.29) is 5.91 Å². The van der Waals surface area contributed by atoms with E-state index in [2.05, 4.69) is 34.4 Å². The normalized spacial score (nSPS) is 22.6.